The number of benzene rings is 1. The average molecular weight is 442 g/mol. The molecule has 32 heavy (non-hydrogen) atoms. The Morgan fingerprint density at radius 3 is 2.78 bits per heavy atom. The maximum Gasteiger partial charge on any atom is 0.165 e. The zero-order valence-electron chi connectivity index (χ0n) is 20.4. The summed E-state index contributed by atoms with van der Waals surface area (Å²) < 4.78 is 19.4. The normalized spacial score (nSPS) is 43.2. The van der Waals surface area contributed by atoms with E-state index < -0.39 is 11.2 Å². The van der Waals surface area contributed by atoms with Crippen LogP contribution in [0, 0.1) is 11.3 Å². The van der Waals surface area contributed by atoms with Crippen LogP contribution in [0.4, 0.5) is 0 Å². The van der Waals surface area contributed by atoms with Crippen LogP contribution < -0.4 is 9.47 Å². The molecule has 1 saturated heterocycles. The maximum atomic E-state index is 11.8. The third kappa shape index (κ3) is 2.17. The highest BCUT2D eigenvalue weighted by Gasteiger charge is 2.81. The second kappa shape index (κ2) is 6.64. The smallest absolute Gasteiger partial charge is 0.165 e. The summed E-state index contributed by atoms with van der Waals surface area (Å²) in [4.78, 5) is 2.63. The lowest BCUT2D eigenvalue weighted by Crippen LogP contribution is -2.81. The Hall–Kier alpha value is -1.30. The molecular weight excluding hydrogens is 402 g/mol. The molecule has 176 valence electrons. The number of hydrogen-bond acceptors (Lipinski definition) is 5. The molecule has 4 aliphatic carbocycles. The molecule has 2 aliphatic heterocycles. The van der Waals surface area contributed by atoms with Crippen molar-refractivity contribution in [2.75, 3.05) is 27.8 Å². The number of fused-ring (bicyclic) bond motifs is 2. The zero-order valence-corrected chi connectivity index (χ0v) is 20.4. The van der Waals surface area contributed by atoms with Gasteiger partial charge in [0.15, 0.2) is 11.5 Å². The molecule has 5 nitrogen and oxygen atoms in total. The number of ether oxygens (including phenoxy) is 3. The zero-order chi connectivity index (χ0) is 22.5. The van der Waals surface area contributed by atoms with Crippen LogP contribution >= 0.6 is 0 Å². The molecule has 1 aromatic carbocycles. The van der Waals surface area contributed by atoms with Crippen LogP contribution in [-0.4, -0.2) is 61.2 Å². The summed E-state index contributed by atoms with van der Waals surface area (Å²) in [6, 6.07) is 4.89. The van der Waals surface area contributed by atoms with E-state index in [-0.39, 0.29) is 22.9 Å². The lowest BCUT2D eigenvalue weighted by molar-refractivity contribution is -0.299. The van der Waals surface area contributed by atoms with Gasteiger partial charge >= 0.3 is 0 Å². The highest BCUT2D eigenvalue weighted by atomic mass is 16.6. The largest absolute Gasteiger partial charge is 0.493 e. The lowest BCUT2D eigenvalue weighted by atomic mass is 9.36. The number of aryl methyl sites for hydroxylation is 1. The average Bonchev–Trinajstić information content (AvgIpc) is 3.12. The van der Waals surface area contributed by atoms with Crippen molar-refractivity contribution in [2.24, 2.45) is 11.3 Å². The van der Waals surface area contributed by atoms with Crippen molar-refractivity contribution in [3.63, 3.8) is 0 Å². The molecule has 3 saturated carbocycles. The van der Waals surface area contributed by atoms with Crippen LogP contribution in [0.15, 0.2) is 12.1 Å². The van der Waals surface area contributed by atoms with Gasteiger partial charge in [0.1, 0.15) is 11.7 Å². The van der Waals surface area contributed by atoms with Crippen LogP contribution in [0.1, 0.15) is 69.9 Å². The second-order valence-electron chi connectivity index (χ2n) is 11.6. The van der Waals surface area contributed by atoms with E-state index in [4.69, 9.17) is 14.2 Å². The first-order chi connectivity index (χ1) is 15.3. The summed E-state index contributed by atoms with van der Waals surface area (Å²) >= 11 is 0. The van der Waals surface area contributed by atoms with Gasteiger partial charge in [-0.15, -0.1) is 0 Å². The van der Waals surface area contributed by atoms with Crippen LogP contribution in [-0.2, 0) is 16.6 Å². The van der Waals surface area contributed by atoms with Crippen molar-refractivity contribution in [1.29, 1.82) is 0 Å². The van der Waals surface area contributed by atoms with Crippen molar-refractivity contribution < 1.29 is 19.3 Å². The molecule has 5 heteroatoms. The molecule has 4 fully saturated rings. The monoisotopic (exact) mass is 441 g/mol. The summed E-state index contributed by atoms with van der Waals surface area (Å²) in [5, 5.41) is 11.8. The Morgan fingerprint density at radius 2 is 2.06 bits per heavy atom. The molecule has 0 aromatic heterocycles. The summed E-state index contributed by atoms with van der Waals surface area (Å²) in [5.74, 6) is 1.87. The van der Waals surface area contributed by atoms with Gasteiger partial charge in [-0.05, 0) is 77.1 Å². The minimum atomic E-state index is -0.774. The minimum Gasteiger partial charge on any atom is -0.493 e. The molecule has 2 unspecified atom stereocenters. The molecule has 0 amide bonds. The Morgan fingerprint density at radius 1 is 1.25 bits per heavy atom. The number of likely N-dealkylation sites (tertiary alicyclic amines) is 1. The molecule has 0 radical (unpaired) electrons. The van der Waals surface area contributed by atoms with E-state index in [1.165, 1.54) is 17.5 Å². The van der Waals surface area contributed by atoms with Crippen LogP contribution in [0.2, 0.25) is 0 Å². The summed E-state index contributed by atoms with van der Waals surface area (Å²) in [7, 11) is 5.93. The molecule has 1 aromatic rings. The van der Waals surface area contributed by atoms with E-state index in [1.54, 1.807) is 7.11 Å². The molecule has 1 N–H and O–H groups in total. The molecule has 6 aliphatic rings. The van der Waals surface area contributed by atoms with Crippen molar-refractivity contribution in [1.82, 2.24) is 4.90 Å². The number of piperidine rings is 1. The second-order valence-corrected chi connectivity index (χ2v) is 11.6. The Bertz CT molecular complexity index is 946. The topological polar surface area (TPSA) is 51.2 Å². The van der Waals surface area contributed by atoms with Gasteiger partial charge < -0.3 is 24.2 Å². The van der Waals surface area contributed by atoms with Crippen molar-refractivity contribution in [3.8, 4) is 11.5 Å². The van der Waals surface area contributed by atoms with Gasteiger partial charge in [-0.1, -0.05) is 19.4 Å². The molecule has 4 bridgehead atoms. The standard InChI is InChI=1S/C27H39NO4/c1-6-11-24(2,29)19-16-25-12-13-27(19,31-5)23-26(25)14-15-28(3)20(25)10-8-17-7-9-18(30-4)22(32-23)21(17)26/h7,9,19-20,23,29H,6,8,10-16H2,1-5H3/t19-,20-,23-,24?,25-,26+,27?/m1/s1. The van der Waals surface area contributed by atoms with E-state index >= 15 is 0 Å². The predicted molar refractivity (Wildman–Crippen MR) is 123 cm³/mol. The highest BCUT2D eigenvalue weighted by Crippen LogP contribution is 2.76. The maximum absolute atomic E-state index is 11.8. The summed E-state index contributed by atoms with van der Waals surface area (Å²) in [6.45, 7) is 5.30. The van der Waals surface area contributed by atoms with Gasteiger partial charge in [-0.3, -0.25) is 0 Å². The quantitative estimate of drug-likeness (QED) is 0.746. The van der Waals surface area contributed by atoms with Crippen LogP contribution in [0.5, 0.6) is 11.5 Å². The van der Waals surface area contributed by atoms with Gasteiger partial charge in [0.2, 0.25) is 0 Å². The first-order valence-corrected chi connectivity index (χ1v) is 12.7. The number of nitrogens with zero attached hydrogens (tertiary/aromatic N) is 1. The summed E-state index contributed by atoms with van der Waals surface area (Å²) in [6.07, 6.45) is 8.14. The van der Waals surface area contributed by atoms with Crippen molar-refractivity contribution in [3.05, 3.63) is 23.3 Å². The Labute approximate surface area is 192 Å². The SMILES string of the molecule is CCCC(C)(O)[C@H]1C[C@@]23CCC1(OC)[C@@H]1Oc4c(OC)ccc5c4[C@@]12CCN(C)[C@@H]3CC5. The highest BCUT2D eigenvalue weighted by molar-refractivity contribution is 5.62. The summed E-state index contributed by atoms with van der Waals surface area (Å²) in [5.41, 5.74) is 1.64. The first-order valence-electron chi connectivity index (χ1n) is 12.7. The molecule has 7 rings (SSSR count). The molecule has 7 atom stereocenters. The third-order valence-electron chi connectivity index (χ3n) is 10.6. The van der Waals surface area contributed by atoms with E-state index in [2.05, 4.69) is 37.9 Å². The van der Waals surface area contributed by atoms with Gasteiger partial charge in [0.25, 0.3) is 0 Å². The van der Waals surface area contributed by atoms with Crippen molar-refractivity contribution >= 4 is 0 Å². The fourth-order valence-corrected chi connectivity index (χ4v) is 9.51. The Balaban J connectivity index is 1.65. The minimum absolute atomic E-state index is 0.0580. The number of methoxy groups -OCH3 is 2. The number of hydrogen-bond donors (Lipinski definition) is 1. The third-order valence-corrected chi connectivity index (χ3v) is 10.6. The molecule has 2 heterocycles. The van der Waals surface area contributed by atoms with Gasteiger partial charge in [-0.25, -0.2) is 0 Å². The lowest BCUT2D eigenvalue weighted by Gasteiger charge is -2.73. The fraction of sp³-hybridized carbons (Fsp3) is 0.778. The van der Waals surface area contributed by atoms with Crippen molar-refractivity contribution in [2.45, 2.75) is 94.0 Å². The van der Waals surface area contributed by atoms with E-state index in [1.807, 2.05) is 7.11 Å². The number of aliphatic hydroxyl groups is 1. The van der Waals surface area contributed by atoms with Crippen LogP contribution in [0.25, 0.3) is 0 Å². The van der Waals surface area contributed by atoms with E-state index in [0.29, 0.717) is 6.04 Å². The van der Waals surface area contributed by atoms with E-state index in [9.17, 15) is 5.11 Å². The predicted octanol–water partition coefficient (Wildman–Crippen LogP) is 4.08. The van der Waals surface area contributed by atoms with Crippen LogP contribution in [0.3, 0.4) is 0 Å². The fourth-order valence-electron chi connectivity index (χ4n) is 9.51. The molecular formula is C27H39NO4. The first kappa shape index (κ1) is 21.2. The number of rotatable bonds is 5. The van der Waals surface area contributed by atoms with E-state index in [0.717, 1.165) is 63.0 Å². The molecule has 2 spiro atoms. The van der Waals surface area contributed by atoms with Gasteiger partial charge in [-0.2, -0.15) is 0 Å². The Kier molecular flexibility index (Phi) is 4.41. The van der Waals surface area contributed by atoms with Gasteiger partial charge in [0.05, 0.1) is 12.7 Å². The van der Waals surface area contributed by atoms with Gasteiger partial charge in [0, 0.05) is 35.5 Å².